The fourth-order valence-corrected chi connectivity index (χ4v) is 6.87. The number of hydrogen-bond donors (Lipinski definition) is 6. The van der Waals surface area contributed by atoms with Gasteiger partial charge in [0.05, 0.1) is 24.2 Å². The Morgan fingerprint density at radius 2 is 1.86 bits per heavy atom. The molecule has 0 saturated carbocycles. The number of anilines is 1. The standard InChI is InChI=1S/C19H23Cl2N5O9P2/c1-9(10-4-2-3-5-12(10)20)23-16-11-6-22-26(17(11)25-19(21)24-16)18-15(28)14(27)13(35-18)7-34-37(32,33)8-36(29,30)31/h2-6,9,13-15,18,27-28H,7-8H2,1H3,(H,32,33)(H,23,24,25)(H2,29,30,31)/t9-,13-,14-,15-,18-/m1/s1. The van der Waals surface area contributed by atoms with Crippen LogP contribution in [0.4, 0.5) is 5.82 Å². The number of benzene rings is 1. The van der Waals surface area contributed by atoms with Crippen molar-refractivity contribution >= 4 is 55.2 Å². The molecule has 18 heteroatoms. The number of halogens is 2. The quantitative estimate of drug-likeness (QED) is 0.154. The summed E-state index contributed by atoms with van der Waals surface area (Å²) in [6.45, 7) is 1.13. The lowest BCUT2D eigenvalue weighted by atomic mass is 10.1. The van der Waals surface area contributed by atoms with Crippen LogP contribution in [-0.2, 0) is 18.4 Å². The van der Waals surface area contributed by atoms with Crippen LogP contribution in [0.15, 0.2) is 30.5 Å². The molecule has 0 radical (unpaired) electrons. The smallest absolute Gasteiger partial charge is 0.340 e. The van der Waals surface area contributed by atoms with Gasteiger partial charge >= 0.3 is 15.2 Å². The van der Waals surface area contributed by atoms with Crippen LogP contribution >= 0.6 is 38.4 Å². The van der Waals surface area contributed by atoms with Gasteiger partial charge in [-0.05, 0) is 30.2 Å². The SMILES string of the molecule is C[C@@H](Nc1nc(Cl)nc2c1cnn2[C@@H]1O[C@H](COP(=O)(O)CP(=O)(O)O)[C@@H](O)[C@H]1O)c1ccccc1Cl. The van der Waals surface area contributed by atoms with Crippen LogP contribution in [0, 0.1) is 0 Å². The minimum Gasteiger partial charge on any atom is -0.387 e. The first kappa shape index (κ1) is 28.3. The first-order chi connectivity index (χ1) is 17.3. The summed E-state index contributed by atoms with van der Waals surface area (Å²) in [7, 11) is -9.54. The molecule has 6 atom stereocenters. The summed E-state index contributed by atoms with van der Waals surface area (Å²) < 4.78 is 34.5. The second-order valence-electron chi connectivity index (χ2n) is 8.34. The largest absolute Gasteiger partial charge is 0.387 e. The van der Waals surface area contributed by atoms with Crippen molar-refractivity contribution in [1.82, 2.24) is 19.7 Å². The van der Waals surface area contributed by atoms with Crippen LogP contribution in [0.5, 0.6) is 0 Å². The molecule has 14 nitrogen and oxygen atoms in total. The Morgan fingerprint density at radius 3 is 2.54 bits per heavy atom. The summed E-state index contributed by atoms with van der Waals surface area (Å²) >= 11 is 12.4. The van der Waals surface area contributed by atoms with E-state index in [1.165, 1.54) is 6.20 Å². The molecule has 202 valence electrons. The third kappa shape index (κ3) is 6.49. The predicted octanol–water partition coefficient (Wildman–Crippen LogP) is 2.26. The summed E-state index contributed by atoms with van der Waals surface area (Å²) in [6, 6.07) is 6.96. The number of fused-ring (bicyclic) bond motifs is 1. The molecule has 1 aliphatic heterocycles. The maximum atomic E-state index is 11.9. The fraction of sp³-hybridized carbons (Fsp3) is 0.421. The van der Waals surface area contributed by atoms with Gasteiger partial charge in [0.15, 0.2) is 17.8 Å². The molecule has 1 aromatic carbocycles. The summed E-state index contributed by atoms with van der Waals surface area (Å²) in [4.78, 5) is 35.9. The monoisotopic (exact) mass is 597 g/mol. The van der Waals surface area contributed by atoms with Crippen LogP contribution in [0.1, 0.15) is 24.8 Å². The summed E-state index contributed by atoms with van der Waals surface area (Å²) in [5.41, 5.74) is 0.959. The van der Waals surface area contributed by atoms with Crippen LogP contribution < -0.4 is 5.32 Å². The van der Waals surface area contributed by atoms with Gasteiger partial charge in [-0.3, -0.25) is 9.13 Å². The van der Waals surface area contributed by atoms with E-state index < -0.39 is 52.2 Å². The van der Waals surface area contributed by atoms with Crippen LogP contribution in [0.2, 0.25) is 10.3 Å². The number of rotatable bonds is 9. The van der Waals surface area contributed by atoms with Gasteiger partial charge in [0.25, 0.3) is 0 Å². The fourth-order valence-electron chi connectivity index (χ4n) is 3.84. The molecule has 1 aliphatic rings. The van der Waals surface area contributed by atoms with E-state index in [0.717, 1.165) is 10.2 Å². The van der Waals surface area contributed by atoms with E-state index in [4.69, 9.17) is 42.2 Å². The normalized spacial score (nSPS) is 24.8. The van der Waals surface area contributed by atoms with E-state index in [0.29, 0.717) is 16.2 Å². The summed E-state index contributed by atoms with van der Waals surface area (Å²) in [5, 5.41) is 29.2. The van der Waals surface area contributed by atoms with E-state index >= 15 is 0 Å². The van der Waals surface area contributed by atoms with Crippen molar-refractivity contribution in [3.8, 4) is 0 Å². The minimum atomic E-state index is -4.84. The van der Waals surface area contributed by atoms with Gasteiger partial charge in [0.1, 0.15) is 24.1 Å². The molecule has 3 heterocycles. The van der Waals surface area contributed by atoms with E-state index in [-0.39, 0.29) is 17.0 Å². The Labute approximate surface area is 219 Å². The molecule has 0 spiro atoms. The van der Waals surface area contributed by atoms with Crippen molar-refractivity contribution in [2.75, 3.05) is 17.8 Å². The van der Waals surface area contributed by atoms with Gasteiger partial charge in [0.2, 0.25) is 5.28 Å². The lowest BCUT2D eigenvalue weighted by molar-refractivity contribution is -0.0541. The van der Waals surface area contributed by atoms with Gasteiger partial charge < -0.3 is 39.5 Å². The molecule has 4 rings (SSSR count). The van der Waals surface area contributed by atoms with E-state index in [1.807, 2.05) is 19.1 Å². The maximum Gasteiger partial charge on any atom is 0.340 e. The summed E-state index contributed by atoms with van der Waals surface area (Å²) in [5.74, 6) is -1.09. The lowest BCUT2D eigenvalue weighted by Gasteiger charge is -2.18. The Kier molecular flexibility index (Phi) is 8.30. The molecular weight excluding hydrogens is 575 g/mol. The molecule has 6 N–H and O–H groups in total. The van der Waals surface area contributed by atoms with Gasteiger partial charge in [-0.2, -0.15) is 15.1 Å². The average molecular weight is 598 g/mol. The second kappa shape index (κ2) is 10.8. The van der Waals surface area contributed by atoms with Crippen LogP contribution in [0.25, 0.3) is 11.0 Å². The summed E-state index contributed by atoms with van der Waals surface area (Å²) in [6.07, 6.45) is -4.38. The first-order valence-corrected chi connectivity index (χ1v) is 15.0. The highest BCUT2D eigenvalue weighted by Gasteiger charge is 2.46. The third-order valence-electron chi connectivity index (χ3n) is 5.53. The zero-order valence-corrected chi connectivity index (χ0v) is 22.3. The topological polar surface area (TPSA) is 209 Å². The molecule has 1 saturated heterocycles. The van der Waals surface area contributed by atoms with Crippen molar-refractivity contribution in [1.29, 1.82) is 0 Å². The molecule has 2 aromatic heterocycles. The third-order valence-corrected chi connectivity index (χ3v) is 9.50. The predicted molar refractivity (Wildman–Crippen MR) is 132 cm³/mol. The molecule has 0 aliphatic carbocycles. The zero-order valence-electron chi connectivity index (χ0n) is 19.0. The van der Waals surface area contributed by atoms with Gasteiger partial charge in [-0.15, -0.1) is 0 Å². The maximum absolute atomic E-state index is 11.9. The number of nitrogens with one attached hydrogen (secondary N) is 1. The Balaban J connectivity index is 1.56. The van der Waals surface area contributed by atoms with E-state index in [1.54, 1.807) is 12.1 Å². The van der Waals surface area contributed by atoms with Crippen molar-refractivity contribution in [3.05, 3.63) is 46.3 Å². The number of aromatic nitrogens is 4. The minimum absolute atomic E-state index is 0.144. The molecule has 0 amide bonds. The number of aliphatic hydroxyl groups excluding tert-OH is 2. The van der Waals surface area contributed by atoms with Gasteiger partial charge in [-0.25, -0.2) is 4.68 Å². The lowest BCUT2D eigenvalue weighted by Crippen LogP contribution is -2.33. The Bertz CT molecular complexity index is 1390. The highest BCUT2D eigenvalue weighted by Crippen LogP contribution is 2.55. The van der Waals surface area contributed by atoms with E-state index in [9.17, 15) is 24.2 Å². The second-order valence-corrected chi connectivity index (χ2v) is 13.1. The van der Waals surface area contributed by atoms with Crippen LogP contribution in [-0.4, -0.2) is 75.5 Å². The van der Waals surface area contributed by atoms with Crippen molar-refractivity contribution < 1.29 is 43.3 Å². The number of nitrogens with zero attached hydrogens (tertiary/aromatic N) is 4. The number of ether oxygens (including phenoxy) is 1. The van der Waals surface area contributed by atoms with Crippen molar-refractivity contribution in [2.45, 2.75) is 37.5 Å². The van der Waals surface area contributed by atoms with Gasteiger partial charge in [-0.1, -0.05) is 29.8 Å². The molecule has 1 fully saturated rings. The molecule has 3 aromatic rings. The molecule has 0 bridgehead atoms. The molecule has 37 heavy (non-hydrogen) atoms. The average Bonchev–Trinajstić information content (AvgIpc) is 3.32. The Morgan fingerprint density at radius 1 is 1.16 bits per heavy atom. The highest BCUT2D eigenvalue weighted by molar-refractivity contribution is 7.70. The zero-order chi connectivity index (χ0) is 27.1. The number of aliphatic hydroxyl groups is 2. The van der Waals surface area contributed by atoms with Crippen molar-refractivity contribution in [3.63, 3.8) is 0 Å². The molecular formula is C19H23Cl2N5O9P2. The van der Waals surface area contributed by atoms with Crippen LogP contribution in [0.3, 0.4) is 0 Å². The first-order valence-electron chi connectivity index (χ1n) is 10.7. The Hall–Kier alpha value is -1.67. The molecule has 1 unspecified atom stereocenters. The van der Waals surface area contributed by atoms with E-state index in [2.05, 4.69) is 20.4 Å². The van der Waals surface area contributed by atoms with Crippen molar-refractivity contribution in [2.24, 2.45) is 0 Å². The highest BCUT2D eigenvalue weighted by atomic mass is 35.5. The number of hydrogen-bond acceptors (Lipinski definition) is 10. The van der Waals surface area contributed by atoms with Gasteiger partial charge in [0, 0.05) is 5.02 Å².